The molecule has 2 amide bonds. The number of rotatable bonds is 8. The summed E-state index contributed by atoms with van der Waals surface area (Å²) in [6.45, 7) is 5.58. The van der Waals surface area contributed by atoms with Crippen molar-refractivity contribution in [3.8, 4) is 0 Å². The van der Waals surface area contributed by atoms with Crippen molar-refractivity contribution in [2.24, 2.45) is 5.92 Å². The molecule has 1 aliphatic heterocycles. The molecule has 2 aromatic rings. The number of para-hydroxylation sites is 2. The number of carbonyl (C=O) groups excluding carboxylic acids is 2. The summed E-state index contributed by atoms with van der Waals surface area (Å²) in [5, 5.41) is 3.51. The molecule has 34 heavy (non-hydrogen) atoms. The molecule has 0 bridgehead atoms. The van der Waals surface area contributed by atoms with E-state index in [1.54, 1.807) is 43.0 Å². The number of nitrogens with one attached hydrogen (secondary N) is 2. The van der Waals surface area contributed by atoms with Gasteiger partial charge in [0.1, 0.15) is 6.04 Å². The molecule has 0 radical (unpaired) electrons. The quantitative estimate of drug-likeness (QED) is 0.573. The summed E-state index contributed by atoms with van der Waals surface area (Å²) in [6, 6.07) is 13.8. The van der Waals surface area contributed by atoms with Crippen molar-refractivity contribution in [2.45, 2.75) is 26.3 Å². The van der Waals surface area contributed by atoms with Crippen molar-refractivity contribution >= 4 is 44.8 Å². The van der Waals surface area contributed by atoms with E-state index in [1.165, 1.54) is 0 Å². The minimum Gasteiger partial charge on any atom is -0.366 e. The maximum absolute atomic E-state index is 13.4. The van der Waals surface area contributed by atoms with Crippen LogP contribution in [-0.2, 0) is 26.0 Å². The zero-order valence-electron chi connectivity index (χ0n) is 19.6. The van der Waals surface area contributed by atoms with E-state index in [1.807, 2.05) is 24.3 Å². The number of hydrogen-bond donors (Lipinski definition) is 2. The molecule has 1 fully saturated rings. The Bertz CT molecular complexity index is 1110. The van der Waals surface area contributed by atoms with Crippen molar-refractivity contribution in [3.63, 3.8) is 0 Å². The molecule has 1 unspecified atom stereocenters. The molecule has 3 rings (SSSR count). The number of hydrogen-bond acceptors (Lipinski definition) is 5. The van der Waals surface area contributed by atoms with Gasteiger partial charge in [0.25, 0.3) is 0 Å². The number of amides is 2. The van der Waals surface area contributed by atoms with Crippen molar-refractivity contribution < 1.29 is 18.0 Å². The van der Waals surface area contributed by atoms with Crippen molar-refractivity contribution in [1.29, 1.82) is 0 Å². The zero-order chi connectivity index (χ0) is 24.9. The van der Waals surface area contributed by atoms with Gasteiger partial charge in [-0.15, -0.1) is 0 Å². The lowest BCUT2D eigenvalue weighted by Gasteiger charge is -2.38. The van der Waals surface area contributed by atoms with Crippen molar-refractivity contribution in [3.05, 3.63) is 59.1 Å². The minimum absolute atomic E-state index is 0.133. The van der Waals surface area contributed by atoms with Crippen LogP contribution in [0.15, 0.2) is 48.5 Å². The highest BCUT2D eigenvalue weighted by atomic mass is 35.5. The number of sulfonamides is 1. The molecule has 1 aliphatic rings. The van der Waals surface area contributed by atoms with E-state index in [0.717, 1.165) is 17.5 Å². The number of carbonyl (C=O) groups is 2. The van der Waals surface area contributed by atoms with E-state index in [9.17, 15) is 18.0 Å². The number of benzene rings is 2. The van der Waals surface area contributed by atoms with Crippen LogP contribution in [0.25, 0.3) is 0 Å². The fourth-order valence-corrected chi connectivity index (χ4v) is 4.52. The molecule has 0 aliphatic carbocycles. The molecular weight excluding hydrogens is 476 g/mol. The van der Waals surface area contributed by atoms with Gasteiger partial charge in [-0.05, 0) is 29.8 Å². The maximum atomic E-state index is 13.4. The van der Waals surface area contributed by atoms with Crippen LogP contribution in [-0.4, -0.2) is 63.6 Å². The largest absolute Gasteiger partial charge is 0.366 e. The Kier molecular flexibility index (Phi) is 8.43. The first kappa shape index (κ1) is 25.8. The Balaban J connectivity index is 1.71. The Hall–Kier alpha value is -2.78. The molecule has 1 atom stereocenters. The lowest BCUT2D eigenvalue weighted by atomic mass is 10.0. The van der Waals surface area contributed by atoms with Gasteiger partial charge >= 0.3 is 0 Å². The lowest BCUT2D eigenvalue weighted by Crippen LogP contribution is -2.56. The van der Waals surface area contributed by atoms with E-state index in [4.69, 9.17) is 11.6 Å². The second-order valence-corrected chi connectivity index (χ2v) is 10.9. The van der Waals surface area contributed by atoms with Gasteiger partial charge < -0.3 is 15.1 Å². The SMILES string of the molecule is CC(C)C(=O)NC(Cc1ccc(Cl)cc1)C(=O)N1CCN(c2ccccc2NS(C)(=O)=O)CC1. The normalized spacial score (nSPS) is 15.2. The van der Waals surface area contributed by atoms with Crippen LogP contribution in [0, 0.1) is 5.92 Å². The average molecular weight is 507 g/mol. The van der Waals surface area contributed by atoms with Crippen LogP contribution in [0.1, 0.15) is 19.4 Å². The average Bonchev–Trinajstić information content (AvgIpc) is 2.79. The molecule has 10 heteroatoms. The fourth-order valence-electron chi connectivity index (χ4n) is 3.82. The van der Waals surface area contributed by atoms with E-state index >= 15 is 0 Å². The van der Waals surface area contributed by atoms with Crippen LogP contribution in [0.5, 0.6) is 0 Å². The molecule has 0 aromatic heterocycles. The van der Waals surface area contributed by atoms with Gasteiger partial charge in [0.05, 0.1) is 17.6 Å². The number of nitrogens with zero attached hydrogens (tertiary/aromatic N) is 2. The molecular formula is C24H31ClN4O4S. The summed E-state index contributed by atoms with van der Waals surface area (Å²) < 4.78 is 26.0. The first-order chi connectivity index (χ1) is 16.0. The third-order valence-electron chi connectivity index (χ3n) is 5.62. The lowest BCUT2D eigenvalue weighted by molar-refractivity contribution is -0.137. The third kappa shape index (κ3) is 7.11. The van der Waals surface area contributed by atoms with Gasteiger partial charge in [0, 0.05) is 43.5 Å². The topological polar surface area (TPSA) is 98.8 Å². The highest BCUT2D eigenvalue weighted by Gasteiger charge is 2.30. The zero-order valence-corrected chi connectivity index (χ0v) is 21.2. The molecule has 0 spiro atoms. The Morgan fingerprint density at radius 2 is 1.62 bits per heavy atom. The van der Waals surface area contributed by atoms with Crippen molar-refractivity contribution in [1.82, 2.24) is 10.2 Å². The summed E-state index contributed by atoms with van der Waals surface area (Å²) in [5.74, 6) is -0.547. The Labute approximate surface area is 206 Å². The van der Waals surface area contributed by atoms with Crippen LogP contribution in [0.4, 0.5) is 11.4 Å². The minimum atomic E-state index is -3.41. The monoisotopic (exact) mass is 506 g/mol. The van der Waals surface area contributed by atoms with Gasteiger partial charge in [-0.25, -0.2) is 8.42 Å². The number of halogens is 1. The molecule has 0 saturated carbocycles. The third-order valence-corrected chi connectivity index (χ3v) is 6.47. The fraction of sp³-hybridized carbons (Fsp3) is 0.417. The van der Waals surface area contributed by atoms with Gasteiger partial charge in [-0.1, -0.05) is 49.7 Å². The number of anilines is 2. The summed E-state index contributed by atoms with van der Waals surface area (Å²) in [4.78, 5) is 29.6. The van der Waals surface area contributed by atoms with E-state index in [2.05, 4.69) is 14.9 Å². The predicted octanol–water partition coefficient (Wildman–Crippen LogP) is 2.74. The smallest absolute Gasteiger partial charge is 0.245 e. The van der Waals surface area contributed by atoms with E-state index < -0.39 is 16.1 Å². The predicted molar refractivity (Wildman–Crippen MR) is 136 cm³/mol. The van der Waals surface area contributed by atoms with Gasteiger partial charge in [0.2, 0.25) is 21.8 Å². The first-order valence-electron chi connectivity index (χ1n) is 11.2. The van der Waals surface area contributed by atoms with Gasteiger partial charge in [-0.3, -0.25) is 14.3 Å². The number of piperazine rings is 1. The van der Waals surface area contributed by atoms with Gasteiger partial charge in [-0.2, -0.15) is 0 Å². The van der Waals surface area contributed by atoms with Crippen molar-refractivity contribution in [2.75, 3.05) is 42.1 Å². The standard InChI is InChI=1S/C24H31ClN4O4S/c1-17(2)23(30)26-21(16-18-8-10-19(25)11-9-18)24(31)29-14-12-28(13-15-29)22-7-5-4-6-20(22)27-34(3,32)33/h4-11,17,21,27H,12-16H2,1-3H3,(H,26,30). The van der Waals surface area contributed by atoms with E-state index in [-0.39, 0.29) is 17.7 Å². The molecule has 2 aromatic carbocycles. The van der Waals surface area contributed by atoms with Crippen LogP contribution in [0.3, 0.4) is 0 Å². The maximum Gasteiger partial charge on any atom is 0.245 e. The second-order valence-electron chi connectivity index (χ2n) is 8.75. The van der Waals surface area contributed by atoms with E-state index in [0.29, 0.717) is 43.3 Å². The summed E-state index contributed by atoms with van der Waals surface area (Å²) in [6.07, 6.45) is 1.49. The summed E-state index contributed by atoms with van der Waals surface area (Å²) >= 11 is 5.98. The Morgan fingerprint density at radius 3 is 2.21 bits per heavy atom. The second kappa shape index (κ2) is 11.1. The summed E-state index contributed by atoms with van der Waals surface area (Å²) in [5.41, 5.74) is 2.19. The molecule has 184 valence electrons. The highest BCUT2D eigenvalue weighted by molar-refractivity contribution is 7.92. The molecule has 8 nitrogen and oxygen atoms in total. The molecule has 2 N–H and O–H groups in total. The summed E-state index contributed by atoms with van der Waals surface area (Å²) in [7, 11) is -3.41. The Morgan fingerprint density at radius 1 is 1.00 bits per heavy atom. The molecule has 1 heterocycles. The van der Waals surface area contributed by atoms with Crippen LogP contribution < -0.4 is 14.9 Å². The molecule has 1 saturated heterocycles. The van der Waals surface area contributed by atoms with Crippen LogP contribution in [0.2, 0.25) is 5.02 Å². The van der Waals surface area contributed by atoms with Crippen LogP contribution >= 0.6 is 11.6 Å². The highest BCUT2D eigenvalue weighted by Crippen LogP contribution is 2.27. The first-order valence-corrected chi connectivity index (χ1v) is 13.5. The van der Waals surface area contributed by atoms with Gasteiger partial charge in [0.15, 0.2) is 0 Å².